The van der Waals surface area contributed by atoms with E-state index < -0.39 is 18.0 Å². The van der Waals surface area contributed by atoms with Crippen molar-refractivity contribution >= 4 is 16.9 Å². The number of likely N-dealkylation sites (tertiary alicyclic amines) is 1. The number of carbonyl (C=O) groups excluding carboxylic acids is 1. The zero-order valence-corrected chi connectivity index (χ0v) is 14.0. The molecule has 3 aromatic rings. The molecule has 1 amide bonds. The first-order valence-electron chi connectivity index (χ1n) is 8.33. The first kappa shape index (κ1) is 17.4. The molecule has 1 aliphatic heterocycles. The second-order valence-electron chi connectivity index (χ2n) is 6.28. The van der Waals surface area contributed by atoms with Gasteiger partial charge in [-0.05, 0) is 25.0 Å². The molecule has 1 aromatic carbocycles. The lowest BCUT2D eigenvalue weighted by atomic mass is 9.98. The summed E-state index contributed by atoms with van der Waals surface area (Å²) in [6, 6.07) is 7.18. The molecular weight excluding hydrogens is 363 g/mol. The van der Waals surface area contributed by atoms with Gasteiger partial charge in [0.15, 0.2) is 0 Å². The zero-order valence-electron chi connectivity index (χ0n) is 14.0. The third kappa shape index (κ3) is 3.46. The Morgan fingerprint density at radius 1 is 1.19 bits per heavy atom. The number of rotatable bonds is 2. The van der Waals surface area contributed by atoms with Gasteiger partial charge in [-0.15, -0.1) is 10.2 Å². The van der Waals surface area contributed by atoms with E-state index in [9.17, 15) is 18.0 Å². The van der Waals surface area contributed by atoms with Crippen LogP contribution in [0.25, 0.3) is 11.0 Å². The maximum absolute atomic E-state index is 12.8. The Bertz CT molecular complexity index is 988. The summed E-state index contributed by atoms with van der Waals surface area (Å²) in [4.78, 5) is 22.9. The van der Waals surface area contributed by atoms with E-state index in [1.54, 1.807) is 18.2 Å². The van der Waals surface area contributed by atoms with E-state index in [2.05, 4.69) is 20.2 Å². The van der Waals surface area contributed by atoms with Crippen LogP contribution in [0.3, 0.4) is 0 Å². The van der Waals surface area contributed by atoms with Crippen molar-refractivity contribution in [1.82, 2.24) is 25.1 Å². The summed E-state index contributed by atoms with van der Waals surface area (Å²) in [6.45, 7) is 0.664. The molecule has 0 radical (unpaired) electrons. The second kappa shape index (κ2) is 6.60. The van der Waals surface area contributed by atoms with Gasteiger partial charge >= 0.3 is 12.1 Å². The van der Waals surface area contributed by atoms with E-state index in [1.165, 1.54) is 11.1 Å². The van der Waals surface area contributed by atoms with Crippen molar-refractivity contribution in [3.05, 3.63) is 47.9 Å². The smallest absolute Gasteiger partial charge is 0.417 e. The van der Waals surface area contributed by atoms with Crippen LogP contribution < -0.4 is 0 Å². The molecule has 1 aliphatic rings. The molecule has 1 atom stereocenters. The summed E-state index contributed by atoms with van der Waals surface area (Å²) in [5, 5.41) is 6.57. The number of nitrogens with zero attached hydrogens (tertiary/aromatic N) is 5. The number of alkyl halides is 3. The Morgan fingerprint density at radius 2 is 1.96 bits per heavy atom. The molecule has 0 spiro atoms. The number of benzene rings is 1. The van der Waals surface area contributed by atoms with E-state index in [1.807, 2.05) is 6.07 Å². The minimum Gasteiger partial charge on any atom is -0.417 e. The van der Waals surface area contributed by atoms with E-state index in [-0.39, 0.29) is 24.0 Å². The minimum absolute atomic E-state index is 0.107. The van der Waals surface area contributed by atoms with Gasteiger partial charge in [-0.25, -0.2) is 4.98 Å². The third-order valence-corrected chi connectivity index (χ3v) is 4.41. The predicted molar refractivity (Wildman–Crippen MR) is 86.7 cm³/mol. The molecule has 1 saturated heterocycles. The van der Waals surface area contributed by atoms with Gasteiger partial charge < -0.3 is 9.32 Å². The highest BCUT2D eigenvalue weighted by Crippen LogP contribution is 2.32. The SMILES string of the molecule is O=C(c1cnc2ccccc2n1)N1CCC[C@@H](c2nnc(C(F)(F)F)o2)C1. The third-order valence-electron chi connectivity index (χ3n) is 4.41. The van der Waals surface area contributed by atoms with Crippen molar-refractivity contribution < 1.29 is 22.4 Å². The summed E-state index contributed by atoms with van der Waals surface area (Å²) >= 11 is 0. The van der Waals surface area contributed by atoms with E-state index in [4.69, 9.17) is 4.42 Å². The van der Waals surface area contributed by atoms with E-state index >= 15 is 0 Å². The number of hydrogen-bond acceptors (Lipinski definition) is 6. The molecule has 0 bridgehead atoms. The van der Waals surface area contributed by atoms with E-state index in [0.717, 1.165) is 0 Å². The second-order valence-corrected chi connectivity index (χ2v) is 6.28. The number of carbonyl (C=O) groups is 1. The summed E-state index contributed by atoms with van der Waals surface area (Å²) < 4.78 is 42.7. The van der Waals surface area contributed by atoms with Gasteiger partial charge in [-0.1, -0.05) is 12.1 Å². The van der Waals surface area contributed by atoms with Crippen molar-refractivity contribution in [2.75, 3.05) is 13.1 Å². The fourth-order valence-electron chi connectivity index (χ4n) is 3.10. The maximum Gasteiger partial charge on any atom is 0.470 e. The van der Waals surface area contributed by atoms with Gasteiger partial charge in [0.05, 0.1) is 23.1 Å². The Hall–Kier alpha value is -3.04. The maximum atomic E-state index is 12.8. The normalized spacial score (nSPS) is 18.0. The molecular formula is C17H14F3N5O2. The van der Waals surface area contributed by atoms with Crippen LogP contribution in [0.2, 0.25) is 0 Å². The molecule has 10 heteroatoms. The van der Waals surface area contributed by atoms with Crippen LogP contribution in [0.4, 0.5) is 13.2 Å². The average Bonchev–Trinajstić information content (AvgIpc) is 3.18. The number of amides is 1. The van der Waals surface area contributed by atoms with Gasteiger partial charge in [0.2, 0.25) is 5.89 Å². The topological polar surface area (TPSA) is 85.0 Å². The average molecular weight is 377 g/mol. The fraction of sp³-hybridized carbons (Fsp3) is 0.353. The molecule has 3 heterocycles. The lowest BCUT2D eigenvalue weighted by molar-refractivity contribution is -0.157. The summed E-state index contributed by atoms with van der Waals surface area (Å²) in [6.07, 6.45) is -2.10. The number of fused-ring (bicyclic) bond motifs is 1. The van der Waals surface area contributed by atoms with Crippen molar-refractivity contribution in [2.24, 2.45) is 0 Å². The van der Waals surface area contributed by atoms with Gasteiger partial charge in [0, 0.05) is 13.1 Å². The highest BCUT2D eigenvalue weighted by molar-refractivity contribution is 5.93. The Balaban J connectivity index is 1.53. The molecule has 140 valence electrons. The van der Waals surface area contributed by atoms with Crippen LogP contribution >= 0.6 is 0 Å². The molecule has 7 nitrogen and oxygen atoms in total. The van der Waals surface area contributed by atoms with Crippen molar-refractivity contribution in [2.45, 2.75) is 24.9 Å². The largest absolute Gasteiger partial charge is 0.470 e. The number of aromatic nitrogens is 4. The van der Waals surface area contributed by atoms with Crippen LogP contribution in [-0.4, -0.2) is 44.1 Å². The van der Waals surface area contributed by atoms with Crippen molar-refractivity contribution in [3.8, 4) is 0 Å². The number of halogens is 3. The molecule has 0 unspecified atom stereocenters. The standard InChI is InChI=1S/C17H14F3N5O2/c18-17(19,20)16-24-23-14(27-16)10-4-3-7-25(9-10)15(26)13-8-21-11-5-1-2-6-12(11)22-13/h1-2,5-6,8,10H,3-4,7,9H2/t10-/m1/s1. The first-order valence-corrected chi connectivity index (χ1v) is 8.33. The molecule has 27 heavy (non-hydrogen) atoms. The van der Waals surface area contributed by atoms with Gasteiger partial charge in [-0.2, -0.15) is 13.2 Å². The predicted octanol–water partition coefficient (Wildman–Crippen LogP) is 3.05. The van der Waals surface area contributed by atoms with Gasteiger partial charge in [0.25, 0.3) is 5.91 Å². The minimum atomic E-state index is -4.68. The zero-order chi connectivity index (χ0) is 19.0. The molecule has 2 aromatic heterocycles. The lowest BCUT2D eigenvalue weighted by Gasteiger charge is -2.30. The van der Waals surface area contributed by atoms with E-state index in [0.29, 0.717) is 30.4 Å². The Morgan fingerprint density at radius 3 is 2.70 bits per heavy atom. The van der Waals surface area contributed by atoms with Crippen LogP contribution in [-0.2, 0) is 6.18 Å². The number of hydrogen-bond donors (Lipinski definition) is 0. The highest BCUT2D eigenvalue weighted by Gasteiger charge is 2.39. The summed E-state index contributed by atoms with van der Waals surface area (Å²) in [5.41, 5.74) is 1.47. The summed E-state index contributed by atoms with van der Waals surface area (Å²) in [7, 11) is 0. The fourth-order valence-corrected chi connectivity index (χ4v) is 3.10. The van der Waals surface area contributed by atoms with Crippen LogP contribution in [0.5, 0.6) is 0 Å². The molecule has 0 saturated carbocycles. The Kier molecular flexibility index (Phi) is 4.25. The Labute approximate surface area is 151 Å². The van der Waals surface area contributed by atoms with Gasteiger partial charge in [0.1, 0.15) is 5.69 Å². The van der Waals surface area contributed by atoms with Crippen LogP contribution in [0.1, 0.15) is 41.0 Å². The monoisotopic (exact) mass is 377 g/mol. The van der Waals surface area contributed by atoms with Gasteiger partial charge in [-0.3, -0.25) is 9.78 Å². The van der Waals surface area contributed by atoms with Crippen LogP contribution in [0.15, 0.2) is 34.9 Å². The summed E-state index contributed by atoms with van der Waals surface area (Å²) in [5.74, 6) is -2.25. The number of para-hydroxylation sites is 2. The molecule has 1 fully saturated rings. The molecule has 4 rings (SSSR count). The van der Waals surface area contributed by atoms with Crippen LogP contribution in [0, 0.1) is 0 Å². The number of piperidine rings is 1. The first-order chi connectivity index (χ1) is 12.9. The lowest BCUT2D eigenvalue weighted by Crippen LogP contribution is -2.39. The molecule has 0 aliphatic carbocycles. The van der Waals surface area contributed by atoms with Crippen molar-refractivity contribution in [3.63, 3.8) is 0 Å². The van der Waals surface area contributed by atoms with Crippen molar-refractivity contribution in [1.29, 1.82) is 0 Å². The quantitative estimate of drug-likeness (QED) is 0.682. The highest BCUT2D eigenvalue weighted by atomic mass is 19.4. The molecule has 0 N–H and O–H groups in total.